The summed E-state index contributed by atoms with van der Waals surface area (Å²) in [6, 6.07) is 6.27. The van der Waals surface area contributed by atoms with E-state index in [1.54, 1.807) is 0 Å². The normalized spacial score (nSPS) is 13.6. The van der Waals surface area contributed by atoms with Crippen molar-refractivity contribution in [2.75, 3.05) is 11.9 Å². The number of nitrogens with two attached hydrogens (primary N) is 1. The van der Waals surface area contributed by atoms with Crippen molar-refractivity contribution in [1.82, 2.24) is 0 Å². The van der Waals surface area contributed by atoms with Crippen LogP contribution in [-0.4, -0.2) is 17.6 Å². The third-order valence-electron chi connectivity index (χ3n) is 2.45. The van der Waals surface area contributed by atoms with Crippen molar-refractivity contribution in [3.63, 3.8) is 0 Å². The highest BCUT2D eigenvalue weighted by Crippen LogP contribution is 2.14. The number of rotatable bonds is 4. The first-order valence-corrected chi connectivity index (χ1v) is 5.32. The minimum absolute atomic E-state index is 0.00539. The molecule has 0 spiro atoms. The summed E-state index contributed by atoms with van der Waals surface area (Å²) in [6.07, 6.45) is 0. The third-order valence-corrected chi connectivity index (χ3v) is 2.45. The van der Waals surface area contributed by atoms with Crippen molar-refractivity contribution in [2.24, 2.45) is 16.8 Å². The van der Waals surface area contributed by atoms with E-state index in [0.717, 1.165) is 5.69 Å². The Labute approximate surface area is 96.2 Å². The number of amidine groups is 1. The van der Waals surface area contributed by atoms with Gasteiger partial charge in [-0.05, 0) is 37.1 Å². The van der Waals surface area contributed by atoms with E-state index >= 15 is 0 Å². The Morgan fingerprint density at radius 1 is 1.38 bits per heavy atom. The molecule has 16 heavy (non-hydrogen) atoms. The number of aryl methyl sites for hydroxylation is 2. The van der Waals surface area contributed by atoms with E-state index in [2.05, 4.69) is 42.5 Å². The minimum Gasteiger partial charge on any atom is -0.409 e. The zero-order valence-electron chi connectivity index (χ0n) is 9.99. The zero-order valence-corrected chi connectivity index (χ0v) is 9.99. The first-order chi connectivity index (χ1) is 7.52. The number of anilines is 1. The summed E-state index contributed by atoms with van der Waals surface area (Å²) in [5.41, 5.74) is 9.01. The van der Waals surface area contributed by atoms with Crippen LogP contribution in [-0.2, 0) is 0 Å². The molecule has 4 N–H and O–H groups in total. The fourth-order valence-corrected chi connectivity index (χ4v) is 1.55. The first-order valence-electron chi connectivity index (χ1n) is 5.32. The number of hydrogen-bond donors (Lipinski definition) is 3. The van der Waals surface area contributed by atoms with Gasteiger partial charge >= 0.3 is 0 Å². The molecule has 0 radical (unpaired) electrons. The van der Waals surface area contributed by atoms with Crippen LogP contribution >= 0.6 is 0 Å². The van der Waals surface area contributed by atoms with E-state index in [0.29, 0.717) is 6.54 Å². The van der Waals surface area contributed by atoms with Gasteiger partial charge in [0.15, 0.2) is 0 Å². The molecule has 0 fully saturated rings. The summed E-state index contributed by atoms with van der Waals surface area (Å²) < 4.78 is 0. The highest BCUT2D eigenvalue weighted by atomic mass is 16.4. The molecule has 0 aliphatic heterocycles. The Bertz CT molecular complexity index is 368. The van der Waals surface area contributed by atoms with E-state index < -0.39 is 0 Å². The maximum Gasteiger partial charge on any atom is 0.143 e. The largest absolute Gasteiger partial charge is 0.409 e. The van der Waals surface area contributed by atoms with Gasteiger partial charge in [-0.15, -0.1) is 0 Å². The molecule has 1 rings (SSSR count). The van der Waals surface area contributed by atoms with Crippen LogP contribution in [0.2, 0.25) is 0 Å². The molecule has 88 valence electrons. The maximum absolute atomic E-state index is 8.53. The molecule has 0 aliphatic rings. The second-order valence-electron chi connectivity index (χ2n) is 4.18. The predicted octanol–water partition coefficient (Wildman–Crippen LogP) is 2.10. The van der Waals surface area contributed by atoms with Crippen LogP contribution in [0.15, 0.2) is 23.4 Å². The lowest BCUT2D eigenvalue weighted by atomic mass is 10.1. The van der Waals surface area contributed by atoms with Gasteiger partial charge in [0.1, 0.15) is 5.84 Å². The number of benzene rings is 1. The van der Waals surface area contributed by atoms with Crippen molar-refractivity contribution in [3.8, 4) is 0 Å². The molecule has 0 amide bonds. The molecule has 0 aromatic heterocycles. The molecule has 0 bridgehead atoms. The van der Waals surface area contributed by atoms with Gasteiger partial charge in [-0.25, -0.2) is 0 Å². The number of nitrogens with one attached hydrogen (secondary N) is 1. The van der Waals surface area contributed by atoms with Crippen molar-refractivity contribution in [1.29, 1.82) is 0 Å². The summed E-state index contributed by atoms with van der Waals surface area (Å²) in [5, 5.41) is 14.8. The quantitative estimate of drug-likeness (QED) is 0.315. The summed E-state index contributed by atoms with van der Waals surface area (Å²) in [7, 11) is 0. The molecule has 1 unspecified atom stereocenters. The van der Waals surface area contributed by atoms with Crippen LogP contribution in [0.1, 0.15) is 18.1 Å². The molecule has 1 aromatic rings. The van der Waals surface area contributed by atoms with Gasteiger partial charge in [0, 0.05) is 18.2 Å². The molecule has 0 saturated heterocycles. The number of oxime groups is 1. The predicted molar refractivity (Wildman–Crippen MR) is 67.0 cm³/mol. The molecule has 1 aromatic carbocycles. The van der Waals surface area contributed by atoms with Gasteiger partial charge in [-0.3, -0.25) is 0 Å². The van der Waals surface area contributed by atoms with E-state index in [-0.39, 0.29) is 11.8 Å². The minimum atomic E-state index is 0.00539. The lowest BCUT2D eigenvalue weighted by Crippen LogP contribution is -2.27. The second kappa shape index (κ2) is 5.39. The molecule has 1 atom stereocenters. The highest BCUT2D eigenvalue weighted by Gasteiger charge is 2.07. The van der Waals surface area contributed by atoms with Crippen LogP contribution in [0.4, 0.5) is 5.69 Å². The average molecular weight is 221 g/mol. The standard InChI is InChI=1S/C12H19N3O/c1-8-4-9(2)6-11(5-8)14-7-10(3)12(13)15-16/h4-6,10,14,16H,7H2,1-3H3,(H2,13,15). The van der Waals surface area contributed by atoms with Gasteiger partial charge in [0.25, 0.3) is 0 Å². The van der Waals surface area contributed by atoms with Gasteiger partial charge < -0.3 is 16.3 Å². The summed E-state index contributed by atoms with van der Waals surface area (Å²) in [5.74, 6) is 0.252. The molecular formula is C12H19N3O. The SMILES string of the molecule is Cc1cc(C)cc(NCC(C)C(N)=NO)c1. The fourth-order valence-electron chi connectivity index (χ4n) is 1.55. The summed E-state index contributed by atoms with van der Waals surface area (Å²) >= 11 is 0. The van der Waals surface area contributed by atoms with Crippen LogP contribution in [0.3, 0.4) is 0 Å². The third kappa shape index (κ3) is 3.46. The molecule has 4 nitrogen and oxygen atoms in total. The van der Waals surface area contributed by atoms with Crippen molar-refractivity contribution in [3.05, 3.63) is 29.3 Å². The maximum atomic E-state index is 8.53. The monoisotopic (exact) mass is 221 g/mol. The summed E-state index contributed by atoms with van der Waals surface area (Å²) in [4.78, 5) is 0. The van der Waals surface area contributed by atoms with Crippen LogP contribution in [0, 0.1) is 19.8 Å². The van der Waals surface area contributed by atoms with Crippen LogP contribution < -0.4 is 11.1 Å². The van der Waals surface area contributed by atoms with Gasteiger partial charge in [-0.1, -0.05) is 18.1 Å². The van der Waals surface area contributed by atoms with Crippen molar-refractivity contribution >= 4 is 11.5 Å². The van der Waals surface area contributed by atoms with Crippen molar-refractivity contribution < 1.29 is 5.21 Å². The fraction of sp³-hybridized carbons (Fsp3) is 0.417. The summed E-state index contributed by atoms with van der Waals surface area (Å²) in [6.45, 7) is 6.68. The highest BCUT2D eigenvalue weighted by molar-refractivity contribution is 5.82. The van der Waals surface area contributed by atoms with E-state index in [9.17, 15) is 0 Å². The number of nitrogens with zero attached hydrogens (tertiary/aromatic N) is 1. The van der Waals surface area contributed by atoms with Gasteiger partial charge in [0.05, 0.1) is 0 Å². The van der Waals surface area contributed by atoms with Crippen LogP contribution in [0.25, 0.3) is 0 Å². The Morgan fingerprint density at radius 2 is 1.94 bits per heavy atom. The Morgan fingerprint density at radius 3 is 2.44 bits per heavy atom. The Kier molecular flexibility index (Phi) is 4.17. The van der Waals surface area contributed by atoms with Crippen LogP contribution in [0.5, 0.6) is 0 Å². The van der Waals surface area contributed by atoms with Gasteiger partial charge in [0.2, 0.25) is 0 Å². The smallest absolute Gasteiger partial charge is 0.143 e. The van der Waals surface area contributed by atoms with E-state index in [1.165, 1.54) is 11.1 Å². The average Bonchev–Trinajstić information content (AvgIpc) is 2.23. The van der Waals surface area contributed by atoms with E-state index in [4.69, 9.17) is 10.9 Å². The second-order valence-corrected chi connectivity index (χ2v) is 4.18. The lowest BCUT2D eigenvalue weighted by molar-refractivity contribution is 0.315. The zero-order chi connectivity index (χ0) is 12.1. The Hall–Kier alpha value is -1.71. The first kappa shape index (κ1) is 12.4. The number of hydrogen-bond acceptors (Lipinski definition) is 3. The van der Waals surface area contributed by atoms with Crippen molar-refractivity contribution in [2.45, 2.75) is 20.8 Å². The lowest BCUT2D eigenvalue weighted by Gasteiger charge is -2.13. The molecule has 0 aliphatic carbocycles. The molecular weight excluding hydrogens is 202 g/mol. The molecule has 0 saturated carbocycles. The van der Waals surface area contributed by atoms with E-state index in [1.807, 2.05) is 6.92 Å². The molecule has 0 heterocycles. The Balaban J connectivity index is 2.61. The van der Waals surface area contributed by atoms with Gasteiger partial charge in [-0.2, -0.15) is 0 Å². The topological polar surface area (TPSA) is 70.6 Å². The molecule has 4 heteroatoms.